The van der Waals surface area contributed by atoms with Crippen LogP contribution in [-0.2, 0) is 13.8 Å². The van der Waals surface area contributed by atoms with Gasteiger partial charge in [0.15, 0.2) is 0 Å². The van der Waals surface area contributed by atoms with Gasteiger partial charge in [-0.2, -0.15) is 0 Å². The van der Waals surface area contributed by atoms with Crippen molar-refractivity contribution in [2.45, 2.75) is 30.3 Å². The molecule has 1 aromatic rings. The molecule has 1 N–H and O–H groups in total. The first kappa shape index (κ1) is 16.2. The number of hydrogen-bond acceptors (Lipinski definition) is 4. The van der Waals surface area contributed by atoms with Crippen molar-refractivity contribution in [1.82, 2.24) is 5.32 Å². The summed E-state index contributed by atoms with van der Waals surface area (Å²) in [4.78, 5) is 11.6. The van der Waals surface area contributed by atoms with Crippen LogP contribution in [0, 0.1) is 5.82 Å². The van der Waals surface area contributed by atoms with E-state index in [1.807, 2.05) is 6.92 Å². The van der Waals surface area contributed by atoms with Crippen molar-refractivity contribution >= 4 is 25.6 Å². The van der Waals surface area contributed by atoms with Gasteiger partial charge < -0.3 is 10.1 Å². The lowest BCUT2D eigenvalue weighted by Crippen LogP contribution is -2.40. The minimum atomic E-state index is -4.10. The first-order valence-corrected chi connectivity index (χ1v) is 8.68. The molecule has 2 rings (SSSR count). The Morgan fingerprint density at radius 3 is 2.76 bits per heavy atom. The lowest BCUT2D eigenvalue weighted by atomic mass is 10.0. The van der Waals surface area contributed by atoms with Gasteiger partial charge in [0.2, 0.25) is 0 Å². The summed E-state index contributed by atoms with van der Waals surface area (Å²) in [6.07, 6.45) is 1.73. The monoisotopic (exact) mass is 335 g/mol. The quantitative estimate of drug-likeness (QED) is 0.855. The van der Waals surface area contributed by atoms with Gasteiger partial charge in [-0.15, -0.1) is 0 Å². The summed E-state index contributed by atoms with van der Waals surface area (Å²) in [5.41, 5.74) is -0.541. The molecule has 5 nitrogen and oxygen atoms in total. The fourth-order valence-electron chi connectivity index (χ4n) is 2.18. The van der Waals surface area contributed by atoms with Gasteiger partial charge in [-0.05, 0) is 38.0 Å². The maximum absolute atomic E-state index is 13.4. The fourth-order valence-corrected chi connectivity index (χ4v) is 2.97. The van der Waals surface area contributed by atoms with Gasteiger partial charge >= 0.3 is 0 Å². The highest BCUT2D eigenvalue weighted by Crippen LogP contribution is 2.24. The maximum Gasteiger partial charge on any atom is 0.261 e. The average Bonchev–Trinajstić information content (AvgIpc) is 2.82. The highest BCUT2D eigenvalue weighted by Gasteiger charge is 2.30. The van der Waals surface area contributed by atoms with Gasteiger partial charge in [0.05, 0.1) is 10.5 Å². The van der Waals surface area contributed by atoms with Gasteiger partial charge in [-0.25, -0.2) is 12.8 Å². The first-order chi connectivity index (χ1) is 9.70. The number of rotatable bonds is 4. The highest BCUT2D eigenvalue weighted by atomic mass is 35.7. The third kappa shape index (κ3) is 4.15. The lowest BCUT2D eigenvalue weighted by Gasteiger charge is -2.23. The van der Waals surface area contributed by atoms with E-state index in [9.17, 15) is 17.6 Å². The average molecular weight is 336 g/mol. The molecule has 0 aromatic heterocycles. The molecule has 21 heavy (non-hydrogen) atoms. The number of carbonyl (C=O) groups excluding carboxylic acids is 1. The van der Waals surface area contributed by atoms with Crippen LogP contribution in [0.3, 0.4) is 0 Å². The zero-order valence-corrected chi connectivity index (χ0v) is 12.9. The molecule has 1 fully saturated rings. The van der Waals surface area contributed by atoms with E-state index in [-0.39, 0.29) is 12.1 Å². The molecule has 1 aliphatic heterocycles. The van der Waals surface area contributed by atoms with Gasteiger partial charge in [0.1, 0.15) is 5.82 Å². The Hall–Kier alpha value is -1.18. The molecular formula is C13H15ClFNO4S. The van der Waals surface area contributed by atoms with E-state index in [1.165, 1.54) is 0 Å². The van der Waals surface area contributed by atoms with Crippen molar-refractivity contribution in [1.29, 1.82) is 0 Å². The molecule has 1 heterocycles. The Morgan fingerprint density at radius 2 is 2.19 bits per heavy atom. The maximum atomic E-state index is 13.4. The second kappa shape index (κ2) is 5.90. The zero-order chi connectivity index (χ0) is 15.7. The summed E-state index contributed by atoms with van der Waals surface area (Å²) in [6, 6.07) is 2.76. The molecule has 1 amide bonds. The molecule has 0 radical (unpaired) electrons. The van der Waals surface area contributed by atoms with E-state index < -0.39 is 31.3 Å². The summed E-state index contributed by atoms with van der Waals surface area (Å²) >= 11 is 0. The lowest BCUT2D eigenvalue weighted by molar-refractivity contribution is 0.0206. The first-order valence-electron chi connectivity index (χ1n) is 6.37. The van der Waals surface area contributed by atoms with Crippen molar-refractivity contribution in [2.75, 3.05) is 13.2 Å². The van der Waals surface area contributed by atoms with Crippen LogP contribution in [0.1, 0.15) is 30.1 Å². The van der Waals surface area contributed by atoms with Crippen LogP contribution in [-0.4, -0.2) is 33.1 Å². The Labute approximate surface area is 126 Å². The Balaban J connectivity index is 2.14. The largest absolute Gasteiger partial charge is 0.373 e. The minimum absolute atomic E-state index is 0.101. The van der Waals surface area contributed by atoms with Crippen LogP contribution in [0.4, 0.5) is 4.39 Å². The molecule has 8 heteroatoms. The Bertz CT molecular complexity index is 656. The predicted octanol–water partition coefficient (Wildman–Crippen LogP) is 2.05. The number of ether oxygens (including phenoxy) is 1. The second-order valence-corrected chi connectivity index (χ2v) is 7.76. The van der Waals surface area contributed by atoms with E-state index in [0.717, 1.165) is 31.0 Å². The summed E-state index contributed by atoms with van der Waals surface area (Å²) in [7, 11) is 1.07. The molecule has 0 aliphatic carbocycles. The molecule has 1 aliphatic rings. The molecule has 0 bridgehead atoms. The smallest absolute Gasteiger partial charge is 0.261 e. The van der Waals surface area contributed by atoms with Crippen molar-refractivity contribution in [3.8, 4) is 0 Å². The summed E-state index contributed by atoms with van der Waals surface area (Å²) in [5.74, 6) is -1.42. The molecule has 1 saturated heterocycles. The number of hydrogen-bond donors (Lipinski definition) is 1. The van der Waals surface area contributed by atoms with Gasteiger partial charge in [-0.3, -0.25) is 4.79 Å². The number of benzene rings is 1. The van der Waals surface area contributed by atoms with Crippen LogP contribution in [0.25, 0.3) is 0 Å². The number of amides is 1. The Kier molecular flexibility index (Phi) is 4.55. The van der Waals surface area contributed by atoms with E-state index in [0.29, 0.717) is 6.61 Å². The van der Waals surface area contributed by atoms with Gasteiger partial charge in [0.25, 0.3) is 15.0 Å². The normalized spacial score (nSPS) is 22.2. The molecule has 1 aromatic carbocycles. The summed E-state index contributed by atoms with van der Waals surface area (Å²) < 4.78 is 41.4. The van der Waals surface area contributed by atoms with Crippen LogP contribution in [0.2, 0.25) is 0 Å². The number of carbonyl (C=O) groups is 1. The van der Waals surface area contributed by atoms with Crippen molar-refractivity contribution in [2.24, 2.45) is 0 Å². The molecule has 1 atom stereocenters. The van der Waals surface area contributed by atoms with Gasteiger partial charge in [-0.1, -0.05) is 0 Å². The summed E-state index contributed by atoms with van der Waals surface area (Å²) in [6.45, 7) is 2.78. The van der Waals surface area contributed by atoms with E-state index >= 15 is 0 Å². The third-order valence-corrected chi connectivity index (χ3v) is 4.67. The zero-order valence-electron chi connectivity index (χ0n) is 11.4. The minimum Gasteiger partial charge on any atom is -0.373 e. The molecule has 0 saturated carbocycles. The highest BCUT2D eigenvalue weighted by molar-refractivity contribution is 8.13. The SMILES string of the molecule is CC1(CNC(=O)c2cc(F)cc(S(=O)(=O)Cl)c2)CCCO1. The summed E-state index contributed by atoms with van der Waals surface area (Å²) in [5, 5.41) is 2.62. The predicted molar refractivity (Wildman–Crippen MR) is 75.4 cm³/mol. The van der Waals surface area contributed by atoms with Crippen LogP contribution >= 0.6 is 10.7 Å². The topological polar surface area (TPSA) is 72.5 Å². The van der Waals surface area contributed by atoms with Gasteiger partial charge in [0, 0.05) is 29.4 Å². The van der Waals surface area contributed by atoms with Crippen molar-refractivity contribution < 1.29 is 22.3 Å². The standard InChI is InChI=1S/C13H15ClFNO4S/c1-13(3-2-4-20-13)8-16-12(17)9-5-10(15)7-11(6-9)21(14,18)19/h5-7H,2-4,8H2,1H3,(H,16,17). The van der Waals surface area contributed by atoms with Crippen LogP contribution < -0.4 is 5.32 Å². The second-order valence-electron chi connectivity index (χ2n) is 5.20. The van der Waals surface area contributed by atoms with E-state index in [2.05, 4.69) is 5.32 Å². The van der Waals surface area contributed by atoms with E-state index in [4.69, 9.17) is 15.4 Å². The number of halogens is 2. The molecular weight excluding hydrogens is 321 g/mol. The third-order valence-electron chi connectivity index (χ3n) is 3.34. The van der Waals surface area contributed by atoms with Crippen molar-refractivity contribution in [3.05, 3.63) is 29.6 Å². The Morgan fingerprint density at radius 1 is 1.48 bits per heavy atom. The molecule has 0 spiro atoms. The molecule has 1 unspecified atom stereocenters. The van der Waals surface area contributed by atoms with Crippen LogP contribution in [0.5, 0.6) is 0 Å². The fraction of sp³-hybridized carbons (Fsp3) is 0.462. The molecule has 116 valence electrons. The van der Waals surface area contributed by atoms with Crippen LogP contribution in [0.15, 0.2) is 23.1 Å². The number of nitrogens with one attached hydrogen (secondary N) is 1. The van der Waals surface area contributed by atoms with Crippen molar-refractivity contribution in [3.63, 3.8) is 0 Å². The van der Waals surface area contributed by atoms with E-state index in [1.54, 1.807) is 0 Å².